The molecule has 4 rings (SSSR count). The van der Waals surface area contributed by atoms with Gasteiger partial charge in [-0.1, -0.05) is 47.5 Å². The summed E-state index contributed by atoms with van der Waals surface area (Å²) in [4.78, 5) is 0.106. The van der Waals surface area contributed by atoms with Crippen molar-refractivity contribution in [3.63, 3.8) is 0 Å². The monoisotopic (exact) mass is 780 g/mol. The van der Waals surface area contributed by atoms with Crippen LogP contribution < -0.4 is 8.37 Å². The summed E-state index contributed by atoms with van der Waals surface area (Å²) in [6.45, 7) is 3.73. The highest BCUT2D eigenvalue weighted by atomic mass is 127. The molecule has 38 heavy (non-hydrogen) atoms. The van der Waals surface area contributed by atoms with Crippen molar-refractivity contribution in [3.05, 3.63) is 103 Å². The number of benzene rings is 4. The number of phenols is 2. The first kappa shape index (κ1) is 30.0. The van der Waals surface area contributed by atoms with Gasteiger partial charge in [0, 0.05) is 0 Å². The van der Waals surface area contributed by atoms with Gasteiger partial charge in [0.05, 0.1) is 7.14 Å². The van der Waals surface area contributed by atoms with Crippen molar-refractivity contribution in [1.82, 2.24) is 0 Å². The molecule has 12 heteroatoms. The molecular formula is C26H22I2O8S2. The molecule has 0 aliphatic heterocycles. The SMILES string of the molecule is Cc1ccc(S(=O)(=O)Oc2c(O)cccc2I)cc1.Cc1ccc(S(=O)(=O)Oc2c(O)cccc2I)cc1. The van der Waals surface area contributed by atoms with Crippen molar-refractivity contribution in [2.24, 2.45) is 0 Å². The van der Waals surface area contributed by atoms with E-state index < -0.39 is 20.2 Å². The number of rotatable bonds is 6. The fourth-order valence-electron chi connectivity index (χ4n) is 2.89. The minimum atomic E-state index is -3.94. The maximum Gasteiger partial charge on any atom is 0.339 e. The van der Waals surface area contributed by atoms with Crippen LogP contribution in [0.5, 0.6) is 23.0 Å². The Labute approximate surface area is 248 Å². The van der Waals surface area contributed by atoms with Crippen LogP contribution in [0.25, 0.3) is 0 Å². The maximum absolute atomic E-state index is 12.1. The van der Waals surface area contributed by atoms with Crippen molar-refractivity contribution < 1.29 is 35.4 Å². The van der Waals surface area contributed by atoms with Gasteiger partial charge in [0.25, 0.3) is 0 Å². The molecule has 0 bridgehead atoms. The number of hydrogen-bond acceptors (Lipinski definition) is 8. The third-order valence-corrected chi connectivity index (χ3v) is 9.07. The molecule has 0 atom stereocenters. The van der Waals surface area contributed by atoms with E-state index in [0.29, 0.717) is 7.14 Å². The van der Waals surface area contributed by atoms with Crippen molar-refractivity contribution >= 4 is 65.4 Å². The lowest BCUT2D eigenvalue weighted by Gasteiger charge is -2.10. The zero-order valence-electron chi connectivity index (χ0n) is 20.0. The average molecular weight is 780 g/mol. The van der Waals surface area contributed by atoms with Crippen LogP contribution in [0.1, 0.15) is 11.1 Å². The molecule has 0 fully saturated rings. The Morgan fingerprint density at radius 1 is 0.553 bits per heavy atom. The minimum Gasteiger partial charge on any atom is -0.504 e. The van der Waals surface area contributed by atoms with E-state index in [1.807, 2.05) is 59.0 Å². The predicted octanol–water partition coefficient (Wildman–Crippen LogP) is 6.15. The molecule has 0 aliphatic rings. The van der Waals surface area contributed by atoms with E-state index in [1.165, 1.54) is 36.4 Å². The summed E-state index contributed by atoms with van der Waals surface area (Å²) in [5.74, 6) is -0.516. The lowest BCUT2D eigenvalue weighted by Crippen LogP contribution is -2.10. The Balaban J connectivity index is 0.000000211. The van der Waals surface area contributed by atoms with E-state index in [4.69, 9.17) is 8.37 Å². The summed E-state index contributed by atoms with van der Waals surface area (Å²) in [6, 6.07) is 21.9. The summed E-state index contributed by atoms with van der Waals surface area (Å²) >= 11 is 3.80. The summed E-state index contributed by atoms with van der Waals surface area (Å²) in [6.07, 6.45) is 0. The number of hydrogen-bond donors (Lipinski definition) is 2. The third kappa shape index (κ3) is 7.74. The van der Waals surface area contributed by atoms with E-state index in [9.17, 15) is 27.0 Å². The molecule has 0 saturated carbocycles. The summed E-state index contributed by atoms with van der Waals surface area (Å²) in [5, 5.41) is 19.3. The van der Waals surface area contributed by atoms with Crippen LogP contribution in [0, 0.1) is 21.0 Å². The summed E-state index contributed by atoms with van der Waals surface area (Å²) in [7, 11) is -7.88. The van der Waals surface area contributed by atoms with Crippen molar-refractivity contribution in [1.29, 1.82) is 0 Å². The lowest BCUT2D eigenvalue weighted by atomic mass is 10.2. The van der Waals surface area contributed by atoms with E-state index in [1.54, 1.807) is 48.5 Å². The van der Waals surface area contributed by atoms with Crippen LogP contribution >= 0.6 is 45.2 Å². The van der Waals surface area contributed by atoms with Gasteiger partial charge in [-0.05, 0) is 108 Å². The van der Waals surface area contributed by atoms with Gasteiger partial charge in [-0.15, -0.1) is 0 Å². The van der Waals surface area contributed by atoms with Crippen molar-refractivity contribution in [2.75, 3.05) is 0 Å². The Bertz CT molecular complexity index is 1470. The second-order valence-electron chi connectivity index (χ2n) is 7.88. The number of phenolic OH excluding ortho intramolecular Hbond substituents is 2. The largest absolute Gasteiger partial charge is 0.504 e. The molecule has 0 saturated heterocycles. The topological polar surface area (TPSA) is 127 Å². The van der Waals surface area contributed by atoms with Crippen LogP contribution in [0.4, 0.5) is 0 Å². The van der Waals surface area contributed by atoms with Crippen LogP contribution in [0.2, 0.25) is 0 Å². The quantitative estimate of drug-likeness (QED) is 0.177. The number of aromatic hydroxyl groups is 2. The lowest BCUT2D eigenvalue weighted by molar-refractivity contribution is 0.426. The molecule has 0 radical (unpaired) electrons. The predicted molar refractivity (Wildman–Crippen MR) is 160 cm³/mol. The third-order valence-electron chi connectivity index (χ3n) is 4.90. The molecule has 0 heterocycles. The zero-order chi connectivity index (χ0) is 28.1. The molecule has 2 N–H and O–H groups in total. The van der Waals surface area contributed by atoms with Gasteiger partial charge >= 0.3 is 20.2 Å². The van der Waals surface area contributed by atoms with E-state index >= 15 is 0 Å². The number of halogens is 2. The van der Waals surface area contributed by atoms with Gasteiger partial charge in [0.2, 0.25) is 0 Å². The second kappa shape index (κ2) is 12.5. The fraction of sp³-hybridized carbons (Fsp3) is 0.0769. The Hall–Kier alpha value is -2.56. The molecule has 0 aromatic heterocycles. The van der Waals surface area contributed by atoms with E-state index in [2.05, 4.69) is 0 Å². The zero-order valence-corrected chi connectivity index (χ0v) is 25.9. The van der Waals surface area contributed by atoms with Crippen LogP contribution in [0.3, 0.4) is 0 Å². The molecule has 0 aliphatic carbocycles. The van der Waals surface area contributed by atoms with Gasteiger partial charge in [0.1, 0.15) is 9.79 Å². The van der Waals surface area contributed by atoms with Crippen LogP contribution in [-0.2, 0) is 20.2 Å². The number of para-hydroxylation sites is 2. The first-order chi connectivity index (χ1) is 17.8. The van der Waals surface area contributed by atoms with Crippen LogP contribution in [0.15, 0.2) is 94.7 Å². The Kier molecular flexibility index (Phi) is 9.89. The van der Waals surface area contributed by atoms with Crippen LogP contribution in [-0.4, -0.2) is 27.0 Å². The summed E-state index contributed by atoms with van der Waals surface area (Å²) in [5.41, 5.74) is 1.91. The molecular weight excluding hydrogens is 758 g/mol. The fourth-order valence-corrected chi connectivity index (χ4v) is 6.29. The Morgan fingerprint density at radius 3 is 1.16 bits per heavy atom. The average Bonchev–Trinajstić information content (AvgIpc) is 2.85. The minimum absolute atomic E-state index is 0.0522. The number of aryl methyl sites for hydroxylation is 2. The molecule has 8 nitrogen and oxygen atoms in total. The Morgan fingerprint density at radius 2 is 0.868 bits per heavy atom. The van der Waals surface area contributed by atoms with E-state index in [0.717, 1.165) is 11.1 Å². The smallest absolute Gasteiger partial charge is 0.339 e. The standard InChI is InChI=1S/2C13H11IO4S/c2*1-9-5-7-10(8-6-9)19(16,17)18-13-11(14)3-2-4-12(13)15/h2*2-8,15H,1H3. The van der Waals surface area contributed by atoms with Crippen molar-refractivity contribution in [3.8, 4) is 23.0 Å². The highest BCUT2D eigenvalue weighted by Crippen LogP contribution is 2.34. The molecule has 0 spiro atoms. The van der Waals surface area contributed by atoms with Gasteiger partial charge in [0.15, 0.2) is 23.0 Å². The van der Waals surface area contributed by atoms with Gasteiger partial charge in [-0.3, -0.25) is 0 Å². The second-order valence-corrected chi connectivity index (χ2v) is 13.3. The summed E-state index contributed by atoms with van der Waals surface area (Å²) < 4.78 is 59.4. The van der Waals surface area contributed by atoms with Crippen molar-refractivity contribution in [2.45, 2.75) is 23.6 Å². The van der Waals surface area contributed by atoms with E-state index in [-0.39, 0.29) is 32.8 Å². The molecule has 0 unspecified atom stereocenters. The molecule has 200 valence electrons. The molecule has 4 aromatic rings. The first-order valence-electron chi connectivity index (χ1n) is 10.8. The van der Waals surface area contributed by atoms with Gasteiger partial charge in [-0.25, -0.2) is 0 Å². The maximum atomic E-state index is 12.1. The molecule has 0 amide bonds. The van der Waals surface area contributed by atoms with Gasteiger partial charge in [-0.2, -0.15) is 16.8 Å². The normalized spacial score (nSPS) is 11.3. The first-order valence-corrected chi connectivity index (χ1v) is 15.7. The highest BCUT2D eigenvalue weighted by Gasteiger charge is 2.21. The van der Waals surface area contributed by atoms with Gasteiger partial charge < -0.3 is 18.6 Å². The highest BCUT2D eigenvalue weighted by molar-refractivity contribution is 14.1. The molecule has 4 aromatic carbocycles.